The number of nitrogens with one attached hydrogen (secondary N) is 2. The fourth-order valence-corrected chi connectivity index (χ4v) is 2.14. The Balaban J connectivity index is 2.39. The molecule has 0 bridgehead atoms. The Labute approximate surface area is 113 Å². The van der Waals surface area contributed by atoms with Crippen molar-refractivity contribution in [1.82, 2.24) is 14.6 Å². The molecule has 19 heavy (non-hydrogen) atoms. The number of carbonyl (C=O) groups excluding carboxylic acids is 1. The largest absolute Gasteiger partial charge is 0.397 e. The number of nitrogen functional groups attached to an aromatic ring is 1. The van der Waals surface area contributed by atoms with Crippen LogP contribution in [-0.4, -0.2) is 38.2 Å². The molecule has 0 saturated carbocycles. The van der Waals surface area contributed by atoms with E-state index in [-0.39, 0.29) is 5.91 Å². The monoisotopic (exact) mass is 288 g/mol. The van der Waals surface area contributed by atoms with Crippen molar-refractivity contribution < 1.29 is 13.2 Å². The summed E-state index contributed by atoms with van der Waals surface area (Å²) in [6, 6.07) is 1.62. The Morgan fingerprint density at radius 1 is 1.42 bits per heavy atom. The molecule has 1 aromatic heterocycles. The van der Waals surface area contributed by atoms with Gasteiger partial charge in [0.25, 0.3) is 5.91 Å². The van der Waals surface area contributed by atoms with E-state index in [1.807, 2.05) is 6.92 Å². The molecule has 0 aliphatic carbocycles. The van der Waals surface area contributed by atoms with Gasteiger partial charge in [0.2, 0.25) is 10.0 Å². The highest BCUT2D eigenvalue weighted by atomic mass is 32.2. The zero-order valence-corrected chi connectivity index (χ0v) is 12.0. The van der Waals surface area contributed by atoms with Crippen LogP contribution in [0.15, 0.2) is 12.3 Å². The minimum Gasteiger partial charge on any atom is -0.397 e. The molecule has 0 aliphatic rings. The third-order valence-corrected chi connectivity index (χ3v) is 3.22. The lowest BCUT2D eigenvalue weighted by Gasteiger charge is -2.07. The number of carbonyl (C=O) groups is 1. The van der Waals surface area contributed by atoms with Gasteiger partial charge in [-0.25, -0.2) is 13.1 Å². The Morgan fingerprint density at radius 2 is 2.11 bits per heavy atom. The third-order valence-electron chi connectivity index (χ3n) is 2.49. The standard InChI is InChI=1S/C11H20N4O3S/c1-3-15-8-9(12)7-10(15)11(16)13-5-4-6-14-19(2,17)18/h7-8,14H,3-6,12H2,1-2H3,(H,13,16). The van der Waals surface area contributed by atoms with Gasteiger partial charge in [-0.1, -0.05) is 0 Å². The summed E-state index contributed by atoms with van der Waals surface area (Å²) in [5.41, 5.74) is 6.70. The van der Waals surface area contributed by atoms with Gasteiger partial charge in [0.1, 0.15) is 5.69 Å². The maximum Gasteiger partial charge on any atom is 0.267 e. The Kier molecular flexibility index (Phi) is 5.37. The van der Waals surface area contributed by atoms with Gasteiger partial charge in [0, 0.05) is 25.8 Å². The lowest BCUT2D eigenvalue weighted by atomic mass is 10.3. The van der Waals surface area contributed by atoms with Crippen molar-refractivity contribution in [2.75, 3.05) is 25.1 Å². The second kappa shape index (κ2) is 6.58. The highest BCUT2D eigenvalue weighted by molar-refractivity contribution is 7.88. The summed E-state index contributed by atoms with van der Waals surface area (Å²) in [5.74, 6) is -0.210. The topological polar surface area (TPSA) is 106 Å². The van der Waals surface area contributed by atoms with Crippen LogP contribution in [0.1, 0.15) is 23.8 Å². The van der Waals surface area contributed by atoms with Gasteiger partial charge in [-0.3, -0.25) is 4.79 Å². The van der Waals surface area contributed by atoms with Crippen LogP contribution in [-0.2, 0) is 16.6 Å². The minimum atomic E-state index is -3.17. The number of nitrogens with zero attached hydrogens (tertiary/aromatic N) is 1. The molecule has 0 atom stereocenters. The second-order valence-electron chi connectivity index (χ2n) is 4.22. The van der Waals surface area contributed by atoms with Gasteiger partial charge in [0.15, 0.2) is 0 Å². The zero-order valence-electron chi connectivity index (χ0n) is 11.1. The van der Waals surface area contributed by atoms with Crippen LogP contribution < -0.4 is 15.8 Å². The van der Waals surface area contributed by atoms with Crippen molar-refractivity contribution >= 4 is 21.6 Å². The van der Waals surface area contributed by atoms with Crippen molar-refractivity contribution in [3.8, 4) is 0 Å². The number of rotatable bonds is 7. The lowest BCUT2D eigenvalue weighted by molar-refractivity contribution is 0.0944. The van der Waals surface area contributed by atoms with E-state index in [0.29, 0.717) is 37.4 Å². The highest BCUT2D eigenvalue weighted by Gasteiger charge is 2.11. The molecule has 1 amide bonds. The minimum absolute atomic E-state index is 0.210. The summed E-state index contributed by atoms with van der Waals surface area (Å²) in [5, 5.41) is 2.72. The van der Waals surface area contributed by atoms with Crippen LogP contribution in [0.3, 0.4) is 0 Å². The summed E-state index contributed by atoms with van der Waals surface area (Å²) in [6.45, 7) is 3.29. The summed E-state index contributed by atoms with van der Waals surface area (Å²) in [4.78, 5) is 11.9. The number of hydrogen-bond donors (Lipinski definition) is 3. The molecule has 4 N–H and O–H groups in total. The van der Waals surface area contributed by atoms with Gasteiger partial charge >= 0.3 is 0 Å². The number of anilines is 1. The second-order valence-corrected chi connectivity index (χ2v) is 6.05. The van der Waals surface area contributed by atoms with Crippen molar-refractivity contribution in [1.29, 1.82) is 0 Å². The molecule has 0 unspecified atom stereocenters. The Hall–Kier alpha value is -1.54. The zero-order chi connectivity index (χ0) is 14.5. The molecule has 0 aromatic carbocycles. The number of nitrogens with two attached hydrogens (primary N) is 1. The number of aromatic nitrogens is 1. The lowest BCUT2D eigenvalue weighted by Crippen LogP contribution is -2.30. The average molecular weight is 288 g/mol. The number of sulfonamides is 1. The van der Waals surface area contributed by atoms with E-state index >= 15 is 0 Å². The maximum absolute atomic E-state index is 11.9. The first-order valence-corrected chi connectivity index (χ1v) is 7.91. The van der Waals surface area contributed by atoms with Crippen molar-refractivity contribution in [2.24, 2.45) is 0 Å². The van der Waals surface area contributed by atoms with E-state index in [1.54, 1.807) is 16.8 Å². The van der Waals surface area contributed by atoms with Crippen LogP contribution in [0.4, 0.5) is 5.69 Å². The number of aryl methyl sites for hydroxylation is 1. The summed E-state index contributed by atoms with van der Waals surface area (Å²) < 4.78 is 25.8. The molecular weight excluding hydrogens is 268 g/mol. The Bertz CT molecular complexity index is 536. The summed E-state index contributed by atoms with van der Waals surface area (Å²) in [6.07, 6.45) is 3.34. The number of hydrogen-bond acceptors (Lipinski definition) is 4. The van der Waals surface area contributed by atoms with Crippen LogP contribution in [0.2, 0.25) is 0 Å². The Morgan fingerprint density at radius 3 is 2.68 bits per heavy atom. The average Bonchev–Trinajstić information content (AvgIpc) is 2.68. The molecule has 1 rings (SSSR count). The predicted molar refractivity (Wildman–Crippen MR) is 74.3 cm³/mol. The molecule has 1 aromatic rings. The van der Waals surface area contributed by atoms with Gasteiger partial charge < -0.3 is 15.6 Å². The predicted octanol–water partition coefficient (Wildman–Crippen LogP) is -0.241. The van der Waals surface area contributed by atoms with Crippen molar-refractivity contribution in [3.63, 3.8) is 0 Å². The van der Waals surface area contributed by atoms with Crippen LogP contribution in [0, 0.1) is 0 Å². The molecule has 0 spiro atoms. The van der Waals surface area contributed by atoms with Crippen LogP contribution in [0.5, 0.6) is 0 Å². The van der Waals surface area contributed by atoms with Crippen LogP contribution in [0.25, 0.3) is 0 Å². The smallest absolute Gasteiger partial charge is 0.267 e. The first-order valence-electron chi connectivity index (χ1n) is 6.02. The fourth-order valence-electron chi connectivity index (χ4n) is 1.62. The van der Waals surface area contributed by atoms with Gasteiger partial charge in [-0.15, -0.1) is 0 Å². The van der Waals surface area contributed by atoms with E-state index in [1.165, 1.54) is 0 Å². The molecule has 8 heteroatoms. The molecule has 0 fully saturated rings. The quantitative estimate of drug-likeness (QED) is 0.602. The fraction of sp³-hybridized carbons (Fsp3) is 0.545. The van der Waals surface area contributed by atoms with E-state index in [2.05, 4.69) is 10.0 Å². The first-order chi connectivity index (χ1) is 8.83. The van der Waals surface area contributed by atoms with E-state index < -0.39 is 10.0 Å². The normalized spacial score (nSPS) is 11.5. The third kappa shape index (κ3) is 5.31. The highest BCUT2D eigenvalue weighted by Crippen LogP contribution is 2.10. The molecule has 108 valence electrons. The summed E-state index contributed by atoms with van der Waals surface area (Å²) in [7, 11) is -3.17. The summed E-state index contributed by atoms with van der Waals surface area (Å²) >= 11 is 0. The van der Waals surface area contributed by atoms with Gasteiger partial charge in [-0.2, -0.15) is 0 Å². The number of amides is 1. The first kappa shape index (κ1) is 15.5. The van der Waals surface area contributed by atoms with E-state index in [4.69, 9.17) is 5.73 Å². The van der Waals surface area contributed by atoms with Gasteiger partial charge in [0.05, 0.1) is 11.9 Å². The van der Waals surface area contributed by atoms with E-state index in [0.717, 1.165) is 6.26 Å². The van der Waals surface area contributed by atoms with Gasteiger partial charge in [-0.05, 0) is 19.4 Å². The SMILES string of the molecule is CCn1cc(N)cc1C(=O)NCCCNS(C)(=O)=O. The molecule has 0 saturated heterocycles. The van der Waals surface area contributed by atoms with Crippen LogP contribution >= 0.6 is 0 Å². The van der Waals surface area contributed by atoms with Crippen molar-refractivity contribution in [3.05, 3.63) is 18.0 Å². The maximum atomic E-state index is 11.9. The molecular formula is C11H20N4O3S. The van der Waals surface area contributed by atoms with E-state index in [9.17, 15) is 13.2 Å². The molecule has 0 aliphatic heterocycles. The molecule has 7 nitrogen and oxygen atoms in total. The van der Waals surface area contributed by atoms with Crippen molar-refractivity contribution in [2.45, 2.75) is 19.9 Å². The molecule has 0 radical (unpaired) electrons. The molecule has 1 heterocycles.